The molecule has 0 atom stereocenters. The molecule has 0 radical (unpaired) electrons. The van der Waals surface area contributed by atoms with Crippen molar-refractivity contribution in [2.45, 2.75) is 24.8 Å². The van der Waals surface area contributed by atoms with E-state index in [1.54, 1.807) is 24.3 Å². The molecule has 162 valence electrons. The summed E-state index contributed by atoms with van der Waals surface area (Å²) in [5, 5.41) is 5.94. The van der Waals surface area contributed by atoms with Crippen molar-refractivity contribution < 1.29 is 17.9 Å². The molecule has 2 aromatic carbocycles. The third-order valence-corrected chi connectivity index (χ3v) is 7.78. The van der Waals surface area contributed by atoms with E-state index in [0.717, 1.165) is 16.1 Å². The minimum atomic E-state index is -3.63. The molecule has 0 saturated heterocycles. The van der Waals surface area contributed by atoms with Crippen molar-refractivity contribution in [3.8, 4) is 5.75 Å². The first kappa shape index (κ1) is 21.3. The first-order valence-corrected chi connectivity index (χ1v) is 11.9. The summed E-state index contributed by atoms with van der Waals surface area (Å²) in [5.74, 6) is 0.599. The van der Waals surface area contributed by atoms with Crippen molar-refractivity contribution >= 4 is 38.2 Å². The number of hydrogen-bond donors (Lipinski definition) is 2. The number of urea groups is 1. The molecule has 10 heteroatoms. The number of carbonyl (C=O) groups is 1. The Kier molecular flexibility index (Phi) is 5.94. The van der Waals surface area contributed by atoms with Crippen LogP contribution in [0.4, 0.5) is 15.6 Å². The van der Waals surface area contributed by atoms with Crippen molar-refractivity contribution in [2.75, 3.05) is 24.3 Å². The van der Waals surface area contributed by atoms with E-state index in [1.807, 2.05) is 31.2 Å². The fourth-order valence-corrected chi connectivity index (χ4v) is 5.73. The van der Waals surface area contributed by atoms with Gasteiger partial charge in [-0.15, -0.1) is 0 Å². The summed E-state index contributed by atoms with van der Waals surface area (Å²) < 4.78 is 32.5. The molecule has 1 aliphatic heterocycles. The molecule has 2 N–H and O–H groups in total. The minimum Gasteiger partial charge on any atom is -0.497 e. The molecule has 3 aromatic rings. The fourth-order valence-electron chi connectivity index (χ4n) is 3.22. The second-order valence-corrected chi connectivity index (χ2v) is 10.1. The van der Waals surface area contributed by atoms with Crippen LogP contribution in [-0.2, 0) is 23.0 Å². The Morgan fingerprint density at radius 2 is 1.81 bits per heavy atom. The highest BCUT2D eigenvalue weighted by atomic mass is 32.2. The second kappa shape index (κ2) is 8.66. The van der Waals surface area contributed by atoms with Gasteiger partial charge in [-0.05, 0) is 43.3 Å². The number of methoxy groups -OCH3 is 1. The number of fused-ring (bicyclic) bond motifs is 1. The molecule has 0 fully saturated rings. The predicted octanol–water partition coefficient (Wildman–Crippen LogP) is 3.85. The van der Waals surface area contributed by atoms with Crippen LogP contribution in [0.3, 0.4) is 0 Å². The smallest absolute Gasteiger partial charge is 0.325 e. The number of thiazole rings is 1. The summed E-state index contributed by atoms with van der Waals surface area (Å²) in [5.41, 5.74) is 2.60. The highest BCUT2D eigenvalue weighted by Gasteiger charge is 2.30. The van der Waals surface area contributed by atoms with E-state index < -0.39 is 16.1 Å². The van der Waals surface area contributed by atoms with Crippen LogP contribution in [0.1, 0.15) is 16.1 Å². The van der Waals surface area contributed by atoms with Crippen LogP contribution >= 0.6 is 11.3 Å². The molecule has 0 unspecified atom stereocenters. The normalized spacial score (nSPS) is 14.0. The SMILES string of the molecule is COc1ccc(S(=O)(=O)N2CCc3nc(NC(=O)Nc4ccc(C)cc4)sc3C2)cc1. The number of carbonyl (C=O) groups excluding carboxylic acids is 1. The van der Waals surface area contributed by atoms with E-state index in [9.17, 15) is 13.2 Å². The number of ether oxygens (including phenoxy) is 1. The van der Waals surface area contributed by atoms with Crippen LogP contribution in [0, 0.1) is 6.92 Å². The van der Waals surface area contributed by atoms with Crippen LogP contribution < -0.4 is 15.4 Å². The molecular weight excluding hydrogens is 436 g/mol. The zero-order valence-electron chi connectivity index (χ0n) is 17.1. The van der Waals surface area contributed by atoms with Crippen LogP contribution in [0.15, 0.2) is 53.4 Å². The lowest BCUT2D eigenvalue weighted by molar-refractivity contribution is 0.262. The van der Waals surface area contributed by atoms with E-state index in [2.05, 4.69) is 15.6 Å². The molecule has 0 spiro atoms. The van der Waals surface area contributed by atoms with Gasteiger partial charge in [0.2, 0.25) is 10.0 Å². The van der Waals surface area contributed by atoms with E-state index in [-0.39, 0.29) is 11.4 Å². The number of aryl methyl sites for hydroxylation is 1. The number of hydrogen-bond acceptors (Lipinski definition) is 6. The van der Waals surface area contributed by atoms with Gasteiger partial charge in [-0.3, -0.25) is 5.32 Å². The third-order valence-electron chi connectivity index (χ3n) is 4.92. The second-order valence-electron chi connectivity index (χ2n) is 7.10. The Labute approximate surface area is 184 Å². The maximum Gasteiger partial charge on any atom is 0.325 e. The maximum atomic E-state index is 13.0. The predicted molar refractivity (Wildman–Crippen MR) is 120 cm³/mol. The lowest BCUT2D eigenvalue weighted by Gasteiger charge is -2.25. The summed E-state index contributed by atoms with van der Waals surface area (Å²) >= 11 is 1.29. The molecule has 2 heterocycles. The van der Waals surface area contributed by atoms with Crippen molar-refractivity contribution in [3.05, 3.63) is 64.7 Å². The Morgan fingerprint density at radius 1 is 1.10 bits per heavy atom. The minimum absolute atomic E-state index is 0.220. The van der Waals surface area contributed by atoms with Gasteiger partial charge in [0.25, 0.3) is 0 Å². The summed E-state index contributed by atoms with van der Waals surface area (Å²) in [6, 6.07) is 13.4. The lowest BCUT2D eigenvalue weighted by atomic mass is 10.2. The van der Waals surface area contributed by atoms with Crippen LogP contribution in [0.25, 0.3) is 0 Å². The van der Waals surface area contributed by atoms with Gasteiger partial charge >= 0.3 is 6.03 Å². The average molecular weight is 459 g/mol. The topological polar surface area (TPSA) is 101 Å². The molecule has 8 nitrogen and oxygen atoms in total. The average Bonchev–Trinajstić information content (AvgIpc) is 3.16. The Hall–Kier alpha value is -2.95. The Balaban J connectivity index is 1.44. The van der Waals surface area contributed by atoms with Crippen LogP contribution in [0.2, 0.25) is 0 Å². The molecule has 0 saturated carbocycles. The van der Waals surface area contributed by atoms with Crippen molar-refractivity contribution in [3.63, 3.8) is 0 Å². The number of benzene rings is 2. The molecule has 1 aromatic heterocycles. The maximum absolute atomic E-state index is 13.0. The summed E-state index contributed by atoms with van der Waals surface area (Å²) in [7, 11) is -2.10. The number of nitrogens with zero attached hydrogens (tertiary/aromatic N) is 2. The first-order valence-electron chi connectivity index (χ1n) is 9.62. The summed E-state index contributed by atoms with van der Waals surface area (Å²) in [6.45, 7) is 2.53. The zero-order valence-corrected chi connectivity index (χ0v) is 18.7. The van der Waals surface area contributed by atoms with Gasteiger partial charge < -0.3 is 10.1 Å². The molecule has 0 bridgehead atoms. The number of aromatic nitrogens is 1. The summed E-state index contributed by atoms with van der Waals surface area (Å²) in [4.78, 5) is 17.8. The molecule has 1 aliphatic rings. The van der Waals surface area contributed by atoms with Gasteiger partial charge in [0.05, 0.1) is 24.2 Å². The lowest BCUT2D eigenvalue weighted by Crippen LogP contribution is -2.35. The fraction of sp³-hybridized carbons (Fsp3) is 0.238. The number of sulfonamides is 1. The van der Waals surface area contributed by atoms with Crippen molar-refractivity contribution in [1.29, 1.82) is 0 Å². The highest BCUT2D eigenvalue weighted by molar-refractivity contribution is 7.89. The van der Waals surface area contributed by atoms with Gasteiger partial charge in [0.15, 0.2) is 5.13 Å². The zero-order chi connectivity index (χ0) is 22.0. The molecule has 31 heavy (non-hydrogen) atoms. The first-order chi connectivity index (χ1) is 14.8. The van der Waals surface area contributed by atoms with Gasteiger partial charge in [0.1, 0.15) is 5.75 Å². The number of anilines is 2. The van der Waals surface area contributed by atoms with Gasteiger partial charge in [0, 0.05) is 23.5 Å². The number of nitrogens with one attached hydrogen (secondary N) is 2. The van der Waals surface area contributed by atoms with Crippen LogP contribution in [0.5, 0.6) is 5.75 Å². The number of amides is 2. The van der Waals surface area contributed by atoms with E-state index >= 15 is 0 Å². The van der Waals surface area contributed by atoms with E-state index in [0.29, 0.717) is 29.5 Å². The quantitative estimate of drug-likeness (QED) is 0.605. The molecule has 0 aliphatic carbocycles. The molecule has 2 amide bonds. The summed E-state index contributed by atoms with van der Waals surface area (Å²) in [6.07, 6.45) is 0.489. The molecular formula is C21H22N4O4S2. The Bertz CT molecular complexity index is 1190. The monoisotopic (exact) mass is 458 g/mol. The van der Waals surface area contributed by atoms with Crippen molar-refractivity contribution in [1.82, 2.24) is 9.29 Å². The van der Waals surface area contributed by atoms with E-state index in [1.165, 1.54) is 22.8 Å². The van der Waals surface area contributed by atoms with Gasteiger partial charge in [-0.2, -0.15) is 4.31 Å². The Morgan fingerprint density at radius 3 is 2.48 bits per heavy atom. The van der Waals surface area contributed by atoms with Gasteiger partial charge in [-0.25, -0.2) is 18.2 Å². The highest BCUT2D eigenvalue weighted by Crippen LogP contribution is 2.31. The van der Waals surface area contributed by atoms with Crippen molar-refractivity contribution in [2.24, 2.45) is 0 Å². The standard InChI is InChI=1S/C21H22N4O4S2/c1-14-3-5-15(6-4-14)22-20(26)24-21-23-18-11-12-25(13-19(18)30-21)31(27,28)17-9-7-16(29-2)8-10-17/h3-10H,11-13H2,1-2H3,(H2,22,23,24,26). The van der Waals surface area contributed by atoms with Crippen LogP contribution in [-0.4, -0.2) is 37.4 Å². The largest absolute Gasteiger partial charge is 0.497 e. The van der Waals surface area contributed by atoms with E-state index in [4.69, 9.17) is 4.74 Å². The molecule has 4 rings (SSSR count). The van der Waals surface area contributed by atoms with Gasteiger partial charge in [-0.1, -0.05) is 29.0 Å². The third kappa shape index (κ3) is 4.71. The number of rotatable bonds is 5.